The van der Waals surface area contributed by atoms with Gasteiger partial charge in [0, 0.05) is 6.54 Å². The molecule has 150 valence electrons. The fourth-order valence-electron chi connectivity index (χ4n) is 3.39. The van der Waals surface area contributed by atoms with Crippen LogP contribution in [-0.2, 0) is 12.7 Å². The number of aromatic nitrogens is 4. The van der Waals surface area contributed by atoms with Gasteiger partial charge in [-0.3, -0.25) is 0 Å². The lowest BCUT2D eigenvalue weighted by molar-refractivity contribution is -0.136. The van der Waals surface area contributed by atoms with E-state index in [1.807, 2.05) is 6.07 Å². The molecule has 1 fully saturated rings. The summed E-state index contributed by atoms with van der Waals surface area (Å²) in [5, 5.41) is 12.4. The van der Waals surface area contributed by atoms with E-state index in [9.17, 15) is 18.4 Å². The number of para-hydroxylation sites is 1. The number of hydrogen-bond acceptors (Lipinski definition) is 6. The molecule has 2 heterocycles. The zero-order valence-corrected chi connectivity index (χ0v) is 15.5. The number of anilines is 2. The highest BCUT2D eigenvalue weighted by molar-refractivity contribution is 5.80. The minimum absolute atomic E-state index is 0.0306. The molecule has 0 saturated heterocycles. The molecule has 3 N–H and O–H groups in total. The van der Waals surface area contributed by atoms with E-state index in [1.54, 1.807) is 17.6 Å². The zero-order valence-electron chi connectivity index (χ0n) is 15.5. The predicted octanol–water partition coefficient (Wildman–Crippen LogP) is 3.88. The van der Waals surface area contributed by atoms with Crippen molar-refractivity contribution in [2.75, 3.05) is 11.1 Å². The molecule has 0 radical (unpaired) electrons. The third-order valence-electron chi connectivity index (χ3n) is 4.97. The molecule has 29 heavy (non-hydrogen) atoms. The normalized spacial score (nSPS) is 15.3. The Labute approximate surface area is 164 Å². The Morgan fingerprint density at radius 2 is 2.10 bits per heavy atom. The van der Waals surface area contributed by atoms with Gasteiger partial charge in [0.05, 0.1) is 22.6 Å². The van der Waals surface area contributed by atoms with Crippen molar-refractivity contribution in [2.45, 2.75) is 38.5 Å². The van der Waals surface area contributed by atoms with E-state index in [-0.39, 0.29) is 28.2 Å². The fourth-order valence-corrected chi connectivity index (χ4v) is 3.39. The van der Waals surface area contributed by atoms with E-state index in [0.29, 0.717) is 18.3 Å². The highest BCUT2D eigenvalue weighted by Crippen LogP contribution is 2.39. The van der Waals surface area contributed by atoms with Crippen molar-refractivity contribution in [3.05, 3.63) is 41.5 Å². The van der Waals surface area contributed by atoms with E-state index in [0.717, 1.165) is 18.9 Å². The molecule has 1 aliphatic rings. The second kappa shape index (κ2) is 6.92. The molecule has 0 unspecified atom stereocenters. The van der Waals surface area contributed by atoms with Crippen molar-refractivity contribution in [1.29, 1.82) is 5.26 Å². The lowest BCUT2D eigenvalue weighted by Gasteiger charge is -2.18. The highest BCUT2D eigenvalue weighted by atomic mass is 19.4. The van der Waals surface area contributed by atoms with Gasteiger partial charge < -0.3 is 15.6 Å². The van der Waals surface area contributed by atoms with Crippen molar-refractivity contribution < 1.29 is 13.2 Å². The van der Waals surface area contributed by atoms with E-state index >= 15 is 0 Å². The van der Waals surface area contributed by atoms with Gasteiger partial charge in [-0.2, -0.15) is 18.4 Å². The average Bonchev–Trinajstić information content (AvgIpc) is 3.40. The van der Waals surface area contributed by atoms with E-state index < -0.39 is 17.8 Å². The molecule has 1 aromatic carbocycles. The van der Waals surface area contributed by atoms with Gasteiger partial charge in [-0.15, -0.1) is 0 Å². The Morgan fingerprint density at radius 3 is 2.76 bits per heavy atom. The molecule has 4 rings (SSSR count). The Hall–Kier alpha value is -3.35. The third kappa shape index (κ3) is 3.55. The van der Waals surface area contributed by atoms with Crippen LogP contribution in [0.2, 0.25) is 0 Å². The van der Waals surface area contributed by atoms with Crippen molar-refractivity contribution in [1.82, 2.24) is 19.5 Å². The molecule has 0 aliphatic heterocycles. The second-order valence-electron chi connectivity index (χ2n) is 7.16. The molecule has 1 atom stereocenters. The molecule has 10 heteroatoms. The minimum Gasteiger partial charge on any atom is -0.382 e. The van der Waals surface area contributed by atoms with Crippen LogP contribution in [0.4, 0.5) is 24.8 Å². The second-order valence-corrected chi connectivity index (χ2v) is 7.16. The van der Waals surface area contributed by atoms with Crippen LogP contribution in [0.25, 0.3) is 11.0 Å². The number of nitriles is 1. The van der Waals surface area contributed by atoms with Crippen LogP contribution in [0.5, 0.6) is 0 Å². The Bertz CT molecular complexity index is 1110. The highest BCUT2D eigenvalue weighted by Gasteiger charge is 2.36. The Balaban J connectivity index is 1.81. The molecule has 3 aromatic rings. The monoisotopic (exact) mass is 401 g/mol. The van der Waals surface area contributed by atoms with E-state index in [2.05, 4.69) is 20.3 Å². The number of nitrogens with zero attached hydrogens (tertiary/aromatic N) is 5. The van der Waals surface area contributed by atoms with Gasteiger partial charge in [-0.1, -0.05) is 6.07 Å². The molecule has 0 bridgehead atoms. The van der Waals surface area contributed by atoms with Crippen LogP contribution in [0.1, 0.15) is 42.8 Å². The first-order chi connectivity index (χ1) is 13.8. The summed E-state index contributed by atoms with van der Waals surface area (Å²) in [6.45, 7) is 2.22. The minimum atomic E-state index is -4.48. The van der Waals surface area contributed by atoms with Gasteiger partial charge in [0.25, 0.3) is 0 Å². The van der Waals surface area contributed by atoms with Crippen LogP contribution < -0.4 is 11.1 Å². The summed E-state index contributed by atoms with van der Waals surface area (Å²) in [6, 6.07) is 5.45. The number of nitrogens with one attached hydrogen (secondary N) is 1. The summed E-state index contributed by atoms with van der Waals surface area (Å²) < 4.78 is 42.5. The first-order valence-corrected chi connectivity index (χ1v) is 9.13. The first kappa shape index (κ1) is 19.0. The summed E-state index contributed by atoms with van der Waals surface area (Å²) >= 11 is 0. The summed E-state index contributed by atoms with van der Waals surface area (Å²) in [7, 11) is 0. The van der Waals surface area contributed by atoms with Crippen molar-refractivity contribution in [3.8, 4) is 6.07 Å². The molecular formula is C19H18F3N7. The van der Waals surface area contributed by atoms with Crippen LogP contribution >= 0.6 is 0 Å². The number of nitrogens with two attached hydrogens (primary N) is 1. The maximum Gasteiger partial charge on any atom is 0.418 e. The number of fused-ring (bicyclic) bond motifs is 1. The molecule has 1 saturated carbocycles. The molecular weight excluding hydrogens is 383 g/mol. The maximum atomic E-state index is 13.6. The molecule has 7 nitrogen and oxygen atoms in total. The number of nitrogen functional groups attached to an aromatic ring is 1. The third-order valence-corrected chi connectivity index (χ3v) is 4.97. The molecule has 2 aromatic heterocycles. The number of benzene rings is 1. The Kier molecular flexibility index (Phi) is 4.53. The lowest BCUT2D eigenvalue weighted by atomic mass is 10.1. The largest absolute Gasteiger partial charge is 0.418 e. The predicted molar refractivity (Wildman–Crippen MR) is 101 cm³/mol. The number of hydrogen-bond donors (Lipinski definition) is 2. The van der Waals surface area contributed by atoms with Gasteiger partial charge in [0.1, 0.15) is 35.4 Å². The number of rotatable bonds is 5. The summed E-state index contributed by atoms with van der Waals surface area (Å²) in [4.78, 5) is 12.3. The lowest BCUT2D eigenvalue weighted by Crippen LogP contribution is -2.17. The summed E-state index contributed by atoms with van der Waals surface area (Å²) in [5.41, 5.74) is 5.47. The molecule has 0 amide bonds. The van der Waals surface area contributed by atoms with Gasteiger partial charge in [0.15, 0.2) is 0 Å². The molecule has 0 spiro atoms. The van der Waals surface area contributed by atoms with Gasteiger partial charge in [-0.25, -0.2) is 15.0 Å². The van der Waals surface area contributed by atoms with E-state index in [4.69, 9.17) is 5.73 Å². The van der Waals surface area contributed by atoms with Crippen LogP contribution in [-0.4, -0.2) is 19.5 Å². The first-order valence-electron chi connectivity index (χ1n) is 9.13. The quantitative estimate of drug-likeness (QED) is 0.672. The zero-order chi connectivity index (χ0) is 20.8. The number of halogens is 3. The summed E-state index contributed by atoms with van der Waals surface area (Å²) in [6.07, 6.45) is -1.30. The SMILES string of the molecule is C[C@H](Nc1ncnc(N)c1C#N)c1nc2cccc(C(F)(F)F)c2n1CC1CC1. The Morgan fingerprint density at radius 1 is 1.34 bits per heavy atom. The van der Waals surface area contributed by atoms with Crippen LogP contribution in [0, 0.1) is 17.2 Å². The van der Waals surface area contributed by atoms with Crippen molar-refractivity contribution in [2.24, 2.45) is 5.92 Å². The van der Waals surface area contributed by atoms with Crippen LogP contribution in [0.3, 0.4) is 0 Å². The van der Waals surface area contributed by atoms with Crippen molar-refractivity contribution >= 4 is 22.7 Å². The molecule has 1 aliphatic carbocycles. The average molecular weight is 401 g/mol. The standard InChI is InChI=1S/C19H18F3N7/c1-10(27-17-12(7-23)16(24)25-9-26-17)18-28-14-4-2-3-13(19(20,21)22)15(14)29(18)8-11-5-6-11/h2-4,9-11H,5-6,8H2,1H3,(H3,24,25,26,27)/t10-/m0/s1. The summed E-state index contributed by atoms with van der Waals surface area (Å²) in [5.74, 6) is 1.03. The van der Waals surface area contributed by atoms with Crippen LogP contribution in [0.15, 0.2) is 24.5 Å². The number of imidazole rings is 1. The maximum absolute atomic E-state index is 13.6. The smallest absolute Gasteiger partial charge is 0.382 e. The topological polar surface area (TPSA) is 105 Å². The van der Waals surface area contributed by atoms with Gasteiger partial charge in [0.2, 0.25) is 0 Å². The number of alkyl halides is 3. The van der Waals surface area contributed by atoms with Gasteiger partial charge in [-0.05, 0) is 37.8 Å². The van der Waals surface area contributed by atoms with Crippen molar-refractivity contribution in [3.63, 3.8) is 0 Å². The van der Waals surface area contributed by atoms with E-state index in [1.165, 1.54) is 12.4 Å². The fraction of sp³-hybridized carbons (Fsp3) is 0.368. The van der Waals surface area contributed by atoms with Gasteiger partial charge >= 0.3 is 6.18 Å².